The molecule has 10 heteroatoms. The van der Waals surface area contributed by atoms with Crippen LogP contribution in [0.5, 0.6) is 0 Å². The Bertz CT molecular complexity index is 907. The fourth-order valence-corrected chi connectivity index (χ4v) is 4.13. The first-order chi connectivity index (χ1) is 12.2. The van der Waals surface area contributed by atoms with Crippen LogP contribution in [0.15, 0.2) is 28.3 Å². The molecule has 0 radical (unpaired) electrons. The van der Waals surface area contributed by atoms with Gasteiger partial charge in [0.05, 0.1) is 10.6 Å². The Morgan fingerprint density at radius 1 is 1.31 bits per heavy atom. The zero-order valence-electron chi connectivity index (χ0n) is 15.5. The lowest BCUT2D eigenvalue weighted by molar-refractivity contribution is -0.113. The van der Waals surface area contributed by atoms with E-state index in [-0.39, 0.29) is 16.6 Å². The van der Waals surface area contributed by atoms with Crippen LogP contribution in [0.4, 0.5) is 5.69 Å². The van der Waals surface area contributed by atoms with Crippen molar-refractivity contribution in [2.45, 2.75) is 30.3 Å². The molecule has 0 saturated carbocycles. The van der Waals surface area contributed by atoms with Crippen LogP contribution in [-0.2, 0) is 28.3 Å². The van der Waals surface area contributed by atoms with Crippen LogP contribution in [0.1, 0.15) is 18.3 Å². The van der Waals surface area contributed by atoms with E-state index in [1.165, 1.54) is 31.9 Å². The van der Waals surface area contributed by atoms with Crippen molar-refractivity contribution in [2.24, 2.45) is 7.05 Å². The summed E-state index contributed by atoms with van der Waals surface area (Å²) in [6, 6.07) is 4.84. The van der Waals surface area contributed by atoms with Crippen molar-refractivity contribution in [3.8, 4) is 0 Å². The van der Waals surface area contributed by atoms with Gasteiger partial charge >= 0.3 is 0 Å². The second-order valence-electron chi connectivity index (χ2n) is 5.92. The molecule has 0 saturated heterocycles. The summed E-state index contributed by atoms with van der Waals surface area (Å²) in [5.41, 5.74) is 1.06. The smallest absolute Gasteiger partial charge is 0.242 e. The molecular formula is C16H23N5O3S2. The molecule has 8 nitrogen and oxygen atoms in total. The van der Waals surface area contributed by atoms with Crippen molar-refractivity contribution in [1.29, 1.82) is 0 Å². The predicted octanol–water partition coefficient (Wildman–Crippen LogP) is 1.67. The summed E-state index contributed by atoms with van der Waals surface area (Å²) in [6.07, 6.45) is 0.767. The number of carbonyl (C=O) groups is 1. The van der Waals surface area contributed by atoms with E-state index in [0.717, 1.165) is 16.6 Å². The summed E-state index contributed by atoms with van der Waals surface area (Å²) >= 11 is 1.28. The molecule has 0 spiro atoms. The van der Waals surface area contributed by atoms with E-state index in [0.29, 0.717) is 16.4 Å². The second-order valence-corrected chi connectivity index (χ2v) is 8.98. The molecule has 2 rings (SSSR count). The highest BCUT2D eigenvalue weighted by atomic mass is 32.2. The Morgan fingerprint density at radius 3 is 2.58 bits per heavy atom. The van der Waals surface area contributed by atoms with E-state index in [2.05, 4.69) is 15.5 Å². The lowest BCUT2D eigenvalue weighted by atomic mass is 10.2. The van der Waals surface area contributed by atoms with Crippen LogP contribution >= 0.6 is 11.8 Å². The van der Waals surface area contributed by atoms with Crippen molar-refractivity contribution >= 4 is 33.4 Å². The van der Waals surface area contributed by atoms with Gasteiger partial charge in [-0.25, -0.2) is 12.7 Å². The van der Waals surface area contributed by atoms with Crippen LogP contribution in [0.25, 0.3) is 0 Å². The average molecular weight is 398 g/mol. The lowest BCUT2D eigenvalue weighted by Crippen LogP contribution is -2.23. The van der Waals surface area contributed by atoms with Gasteiger partial charge in [0.25, 0.3) is 0 Å². The van der Waals surface area contributed by atoms with Crippen molar-refractivity contribution < 1.29 is 13.2 Å². The first-order valence-corrected chi connectivity index (χ1v) is 10.4. The largest absolute Gasteiger partial charge is 0.325 e. The van der Waals surface area contributed by atoms with E-state index >= 15 is 0 Å². The Balaban J connectivity index is 2.08. The molecule has 26 heavy (non-hydrogen) atoms. The number of sulfonamides is 1. The molecule has 0 bridgehead atoms. The topological polar surface area (TPSA) is 97.2 Å². The van der Waals surface area contributed by atoms with E-state index in [4.69, 9.17) is 0 Å². The van der Waals surface area contributed by atoms with Crippen molar-refractivity contribution in [3.63, 3.8) is 0 Å². The molecule has 1 heterocycles. The fraction of sp³-hybridized carbons (Fsp3) is 0.438. The number of anilines is 1. The molecule has 1 aromatic heterocycles. The Hall–Kier alpha value is -1.91. The van der Waals surface area contributed by atoms with Crippen molar-refractivity contribution in [2.75, 3.05) is 25.2 Å². The fourth-order valence-electron chi connectivity index (χ4n) is 2.26. The molecule has 1 N–H and O–H groups in total. The van der Waals surface area contributed by atoms with Gasteiger partial charge in [-0.1, -0.05) is 24.8 Å². The molecule has 0 aliphatic carbocycles. The minimum atomic E-state index is -3.57. The summed E-state index contributed by atoms with van der Waals surface area (Å²) in [4.78, 5) is 12.4. The van der Waals surface area contributed by atoms with Gasteiger partial charge < -0.3 is 9.88 Å². The number of thioether (sulfide) groups is 1. The number of nitrogens with zero attached hydrogens (tertiary/aromatic N) is 4. The highest BCUT2D eigenvalue weighted by molar-refractivity contribution is 7.99. The van der Waals surface area contributed by atoms with Crippen LogP contribution < -0.4 is 5.32 Å². The van der Waals surface area contributed by atoms with E-state index < -0.39 is 10.0 Å². The minimum absolute atomic E-state index is 0.152. The molecule has 0 unspecified atom stereocenters. The number of aryl methyl sites for hydroxylation is 2. The summed E-state index contributed by atoms with van der Waals surface area (Å²) in [5, 5.41) is 11.5. The van der Waals surface area contributed by atoms with Crippen molar-refractivity contribution in [1.82, 2.24) is 19.1 Å². The maximum atomic E-state index is 12.4. The van der Waals surface area contributed by atoms with Gasteiger partial charge in [-0.3, -0.25) is 4.79 Å². The van der Waals surface area contributed by atoms with E-state index in [9.17, 15) is 13.2 Å². The number of hydrogen-bond acceptors (Lipinski definition) is 6. The normalized spacial score (nSPS) is 11.8. The molecule has 1 aromatic carbocycles. The highest BCUT2D eigenvalue weighted by Crippen LogP contribution is 2.23. The standard InChI is InChI=1S/C16H23N5O3S2/c1-6-14-18-19-16(21(14)5)25-10-15(22)17-12-8-7-11(2)13(9-12)26(23,24)20(3)4/h7-9H,6,10H2,1-5H3,(H,17,22). The van der Waals surface area contributed by atoms with Gasteiger partial charge in [-0.05, 0) is 24.6 Å². The van der Waals surface area contributed by atoms with Gasteiger partial charge in [-0.2, -0.15) is 0 Å². The molecule has 0 aliphatic heterocycles. The molecular weight excluding hydrogens is 374 g/mol. The second kappa shape index (κ2) is 8.19. The number of aromatic nitrogens is 3. The summed E-state index contributed by atoms with van der Waals surface area (Å²) in [7, 11) is 1.24. The number of rotatable bonds is 7. The first-order valence-electron chi connectivity index (χ1n) is 8.01. The van der Waals surface area contributed by atoms with Crippen LogP contribution in [0, 0.1) is 6.92 Å². The predicted molar refractivity (Wildman–Crippen MR) is 102 cm³/mol. The van der Waals surface area contributed by atoms with Gasteiger partial charge in [-0.15, -0.1) is 10.2 Å². The molecule has 0 fully saturated rings. The minimum Gasteiger partial charge on any atom is -0.325 e. The zero-order valence-corrected chi connectivity index (χ0v) is 17.1. The summed E-state index contributed by atoms with van der Waals surface area (Å²) < 4.78 is 27.7. The lowest BCUT2D eigenvalue weighted by Gasteiger charge is -2.15. The first kappa shape index (κ1) is 20.4. The third-order valence-corrected chi connectivity index (χ3v) is 6.78. The zero-order chi connectivity index (χ0) is 19.5. The van der Waals surface area contributed by atoms with E-state index in [1.807, 2.05) is 18.5 Å². The Kier molecular flexibility index (Phi) is 6.43. The third-order valence-electron chi connectivity index (χ3n) is 3.80. The van der Waals surface area contributed by atoms with Crippen LogP contribution in [0.3, 0.4) is 0 Å². The molecule has 0 atom stereocenters. The number of carbonyl (C=O) groups excluding carboxylic acids is 1. The maximum absolute atomic E-state index is 12.4. The molecule has 142 valence electrons. The summed E-state index contributed by atoms with van der Waals surface area (Å²) in [5.74, 6) is 0.761. The van der Waals surface area contributed by atoms with Gasteiger partial charge in [0.15, 0.2) is 5.16 Å². The monoisotopic (exact) mass is 397 g/mol. The van der Waals surface area contributed by atoms with E-state index in [1.54, 1.807) is 19.1 Å². The quantitative estimate of drug-likeness (QED) is 0.714. The Morgan fingerprint density at radius 2 is 2.00 bits per heavy atom. The highest BCUT2D eigenvalue weighted by Gasteiger charge is 2.20. The number of nitrogens with one attached hydrogen (secondary N) is 1. The SMILES string of the molecule is CCc1nnc(SCC(=O)Nc2ccc(C)c(S(=O)(=O)N(C)C)c2)n1C. The van der Waals surface area contributed by atoms with Crippen LogP contribution in [0.2, 0.25) is 0 Å². The van der Waals surface area contributed by atoms with Gasteiger partial charge in [0.2, 0.25) is 15.9 Å². The molecule has 2 aromatic rings. The summed E-state index contributed by atoms with van der Waals surface area (Å²) in [6.45, 7) is 3.71. The van der Waals surface area contributed by atoms with Gasteiger partial charge in [0.1, 0.15) is 5.82 Å². The average Bonchev–Trinajstić information content (AvgIpc) is 2.94. The van der Waals surface area contributed by atoms with Gasteiger partial charge in [0, 0.05) is 33.3 Å². The number of hydrogen-bond donors (Lipinski definition) is 1. The molecule has 0 aliphatic rings. The van der Waals surface area contributed by atoms with Crippen molar-refractivity contribution in [3.05, 3.63) is 29.6 Å². The van der Waals surface area contributed by atoms with Crippen LogP contribution in [-0.4, -0.2) is 53.2 Å². The maximum Gasteiger partial charge on any atom is 0.242 e. The Labute approximate surface area is 158 Å². The third kappa shape index (κ3) is 4.43. The number of amides is 1. The number of benzene rings is 1. The molecule has 1 amide bonds.